The normalized spacial score (nSPS) is 16.1. The molecule has 3 aromatic carbocycles. The van der Waals surface area contributed by atoms with E-state index in [2.05, 4.69) is 5.32 Å². The van der Waals surface area contributed by atoms with E-state index < -0.39 is 5.91 Å². The third-order valence-electron chi connectivity index (χ3n) is 9.89. The highest BCUT2D eigenvalue weighted by atomic mass is 16.2. The fourth-order valence-corrected chi connectivity index (χ4v) is 7.11. The van der Waals surface area contributed by atoms with Gasteiger partial charge in [-0.1, -0.05) is 68.1 Å². The number of fused-ring (bicyclic) bond motifs is 2. The number of hydrogen-bond donors (Lipinski definition) is 2. The number of primary amides is 1. The molecule has 1 aliphatic heterocycles. The number of aromatic nitrogens is 1. The van der Waals surface area contributed by atoms with Crippen LogP contribution in [0.3, 0.4) is 0 Å². The highest BCUT2D eigenvalue weighted by Crippen LogP contribution is 2.36. The van der Waals surface area contributed by atoms with Crippen LogP contribution in [-0.4, -0.2) is 77.0 Å². The molecule has 10 heteroatoms. The van der Waals surface area contributed by atoms with Crippen LogP contribution in [0.1, 0.15) is 82.1 Å². The summed E-state index contributed by atoms with van der Waals surface area (Å²) in [5.74, 6) is -0.399. The van der Waals surface area contributed by atoms with E-state index in [0.29, 0.717) is 48.7 Å². The summed E-state index contributed by atoms with van der Waals surface area (Å²) in [6, 6.07) is 24.4. The van der Waals surface area contributed by atoms with Gasteiger partial charge in [-0.15, -0.1) is 0 Å². The zero-order valence-electron chi connectivity index (χ0n) is 28.9. The van der Waals surface area contributed by atoms with Gasteiger partial charge in [-0.05, 0) is 80.4 Å². The van der Waals surface area contributed by atoms with Crippen LogP contribution in [0.15, 0.2) is 78.9 Å². The van der Waals surface area contributed by atoms with Crippen LogP contribution in [0.25, 0.3) is 10.9 Å². The van der Waals surface area contributed by atoms with E-state index in [1.807, 2.05) is 84.6 Å². The van der Waals surface area contributed by atoms with Crippen molar-refractivity contribution >= 4 is 40.2 Å². The molecule has 0 spiro atoms. The molecule has 4 aromatic rings. The predicted molar refractivity (Wildman–Crippen MR) is 194 cm³/mol. The maximum Gasteiger partial charge on any atom is 0.255 e. The molecule has 1 fully saturated rings. The summed E-state index contributed by atoms with van der Waals surface area (Å²) in [6.07, 6.45) is 6.84. The molecule has 10 nitrogen and oxygen atoms in total. The van der Waals surface area contributed by atoms with Gasteiger partial charge in [-0.2, -0.15) is 0 Å². The molecule has 1 aromatic heterocycles. The topological polar surface area (TPSA) is 129 Å². The minimum absolute atomic E-state index is 0.0269. The Morgan fingerprint density at radius 3 is 2.44 bits per heavy atom. The summed E-state index contributed by atoms with van der Waals surface area (Å²) in [6.45, 7) is 1.07. The van der Waals surface area contributed by atoms with Gasteiger partial charge in [0.15, 0.2) is 0 Å². The van der Waals surface area contributed by atoms with Crippen LogP contribution in [0.4, 0.5) is 5.69 Å². The van der Waals surface area contributed by atoms with E-state index in [-0.39, 0.29) is 36.9 Å². The van der Waals surface area contributed by atoms with Gasteiger partial charge in [0.05, 0.1) is 23.8 Å². The molecule has 2 aliphatic rings. The quantitative estimate of drug-likeness (QED) is 0.191. The van der Waals surface area contributed by atoms with Gasteiger partial charge in [0, 0.05) is 48.3 Å². The van der Waals surface area contributed by atoms with Crippen LogP contribution in [-0.2, 0) is 22.6 Å². The van der Waals surface area contributed by atoms with Crippen molar-refractivity contribution in [1.82, 2.24) is 19.7 Å². The van der Waals surface area contributed by atoms with Crippen molar-refractivity contribution in [2.45, 2.75) is 57.5 Å². The zero-order chi connectivity index (χ0) is 35.2. The average Bonchev–Trinajstić information content (AvgIpc) is 3.64. The smallest absolute Gasteiger partial charge is 0.255 e. The number of carbonyl (C=O) groups is 4. The number of nitrogens with one attached hydrogen (secondary N) is 1. The monoisotopic (exact) mass is 674 g/mol. The van der Waals surface area contributed by atoms with E-state index in [1.54, 1.807) is 18.2 Å². The van der Waals surface area contributed by atoms with Gasteiger partial charge in [0.1, 0.15) is 0 Å². The van der Waals surface area contributed by atoms with Crippen molar-refractivity contribution in [3.05, 3.63) is 107 Å². The van der Waals surface area contributed by atoms with Gasteiger partial charge < -0.3 is 25.8 Å². The molecule has 50 heavy (non-hydrogen) atoms. The summed E-state index contributed by atoms with van der Waals surface area (Å²) in [7, 11) is 3.80. The van der Waals surface area contributed by atoms with E-state index in [4.69, 9.17) is 10.7 Å². The average molecular weight is 675 g/mol. The molecule has 260 valence electrons. The first kappa shape index (κ1) is 34.8. The van der Waals surface area contributed by atoms with Crippen molar-refractivity contribution in [3.8, 4) is 0 Å². The van der Waals surface area contributed by atoms with Crippen molar-refractivity contribution in [2.75, 3.05) is 39.0 Å². The molecule has 0 bridgehead atoms. The third-order valence-corrected chi connectivity index (χ3v) is 9.89. The number of pyridine rings is 1. The number of carbonyl (C=O) groups excluding carboxylic acids is 4. The number of hydrogen-bond acceptors (Lipinski definition) is 6. The van der Waals surface area contributed by atoms with E-state index in [1.165, 1.54) is 30.6 Å². The maximum atomic E-state index is 14.4. The molecular weight excluding hydrogens is 628 g/mol. The van der Waals surface area contributed by atoms with Crippen molar-refractivity contribution in [2.24, 2.45) is 11.7 Å². The summed E-state index contributed by atoms with van der Waals surface area (Å²) < 4.78 is 0. The lowest BCUT2D eigenvalue weighted by Crippen LogP contribution is -2.42. The zero-order valence-corrected chi connectivity index (χ0v) is 28.9. The number of anilines is 1. The lowest BCUT2D eigenvalue weighted by molar-refractivity contribution is -0.119. The van der Waals surface area contributed by atoms with E-state index in [9.17, 15) is 19.2 Å². The Morgan fingerprint density at radius 1 is 0.940 bits per heavy atom. The first-order valence-electron chi connectivity index (χ1n) is 17.6. The highest BCUT2D eigenvalue weighted by Gasteiger charge is 2.35. The van der Waals surface area contributed by atoms with Crippen LogP contribution in [0, 0.1) is 5.92 Å². The predicted octanol–water partition coefficient (Wildman–Crippen LogP) is 5.57. The minimum atomic E-state index is -0.572. The Labute approximate surface area is 293 Å². The first-order valence-corrected chi connectivity index (χ1v) is 17.6. The number of rotatable bonds is 13. The molecule has 2 heterocycles. The second kappa shape index (κ2) is 15.6. The molecular formula is C40H46N6O4. The van der Waals surface area contributed by atoms with Gasteiger partial charge in [-0.3, -0.25) is 24.2 Å². The fraction of sp³-hybridized carbons (Fsp3) is 0.375. The van der Waals surface area contributed by atoms with Crippen LogP contribution in [0.5, 0.6) is 0 Å². The van der Waals surface area contributed by atoms with Crippen molar-refractivity contribution in [1.29, 1.82) is 0 Å². The fourth-order valence-electron chi connectivity index (χ4n) is 7.11. The van der Waals surface area contributed by atoms with Crippen LogP contribution in [0.2, 0.25) is 0 Å². The molecule has 1 aliphatic carbocycles. The molecule has 6 rings (SSSR count). The maximum absolute atomic E-state index is 14.4. The molecule has 1 saturated carbocycles. The molecule has 0 saturated heterocycles. The van der Waals surface area contributed by atoms with Gasteiger partial charge in [0.2, 0.25) is 11.8 Å². The Morgan fingerprint density at radius 2 is 1.70 bits per heavy atom. The van der Waals surface area contributed by atoms with E-state index in [0.717, 1.165) is 34.1 Å². The number of nitrogens with zero attached hydrogens (tertiary/aromatic N) is 4. The Kier molecular flexibility index (Phi) is 10.9. The number of amides is 4. The van der Waals surface area contributed by atoms with E-state index >= 15 is 0 Å². The number of para-hydroxylation sites is 1. The summed E-state index contributed by atoms with van der Waals surface area (Å²) in [5, 5.41) is 4.05. The standard InChI is InChI=1S/C40H46N6O4/c1-44(2)21-22-45(26-37(41)47)39(49)30-14-11-28(12-15-30)25-46-36(35-19-17-29-9-5-6-10-34(29)43-35)23-31-16-18-32(24-33(31)40(46)50)42-38(48)20-13-27-7-3-4-8-27/h5-6,9-12,14-19,24,27,36H,3-4,7-8,13,20-23,25-26H2,1-2H3,(H2,41,47)(H,42,48). The van der Waals surface area contributed by atoms with Gasteiger partial charge in [-0.25, -0.2) is 0 Å². The number of likely N-dealkylation sites (N-methyl/N-ethyl adjacent to an activating group) is 1. The number of benzene rings is 3. The lowest BCUT2D eigenvalue weighted by Gasteiger charge is -2.37. The molecule has 4 amide bonds. The van der Waals surface area contributed by atoms with Crippen molar-refractivity contribution in [3.63, 3.8) is 0 Å². The number of nitrogens with two attached hydrogens (primary N) is 1. The molecule has 3 N–H and O–H groups in total. The van der Waals surface area contributed by atoms with Crippen LogP contribution >= 0.6 is 0 Å². The Balaban J connectivity index is 1.25. The summed E-state index contributed by atoms with van der Waals surface area (Å²) >= 11 is 0. The highest BCUT2D eigenvalue weighted by molar-refractivity contribution is 6.00. The third kappa shape index (κ3) is 8.37. The molecule has 1 unspecified atom stereocenters. The van der Waals surface area contributed by atoms with Gasteiger partial charge >= 0.3 is 0 Å². The molecule has 0 radical (unpaired) electrons. The Bertz CT molecular complexity index is 1870. The minimum Gasteiger partial charge on any atom is -0.368 e. The second-order valence-electron chi connectivity index (χ2n) is 13.9. The van der Waals surface area contributed by atoms with Crippen LogP contribution < -0.4 is 11.1 Å². The summed E-state index contributed by atoms with van der Waals surface area (Å²) in [5.41, 5.74) is 10.5. The summed E-state index contributed by atoms with van der Waals surface area (Å²) in [4.78, 5) is 62.5. The molecule has 1 atom stereocenters. The first-order chi connectivity index (χ1) is 24.1. The second-order valence-corrected chi connectivity index (χ2v) is 13.9. The van der Waals surface area contributed by atoms with Gasteiger partial charge in [0.25, 0.3) is 11.8 Å². The largest absolute Gasteiger partial charge is 0.368 e. The van der Waals surface area contributed by atoms with Crippen molar-refractivity contribution < 1.29 is 19.2 Å². The SMILES string of the molecule is CN(C)CCN(CC(N)=O)C(=O)c1ccc(CN2C(=O)c3cc(NC(=O)CCC4CCCC4)ccc3CC2c2ccc3ccccc3n2)cc1. The Hall–Kier alpha value is -5.09. The lowest BCUT2D eigenvalue weighted by atomic mass is 9.90.